The number of nitrogen functional groups attached to an aromatic ring is 1. The Kier molecular flexibility index (Phi) is 5.41. The van der Waals surface area contributed by atoms with E-state index >= 15 is 0 Å². The molecule has 0 aliphatic rings. The lowest BCUT2D eigenvalue weighted by Crippen LogP contribution is -2.34. The van der Waals surface area contributed by atoms with Crippen molar-refractivity contribution in [3.05, 3.63) is 29.3 Å². The lowest BCUT2D eigenvalue weighted by molar-refractivity contribution is 0.0751. The highest BCUT2D eigenvalue weighted by Crippen LogP contribution is 2.20. The van der Waals surface area contributed by atoms with Gasteiger partial charge in [-0.05, 0) is 26.0 Å². The summed E-state index contributed by atoms with van der Waals surface area (Å²) >= 11 is 0. The number of hydrogen-bond donors (Lipinski definition) is 2. The maximum absolute atomic E-state index is 13.6. The van der Waals surface area contributed by atoms with E-state index in [9.17, 15) is 13.6 Å². The Bertz CT molecular complexity index is 519. The zero-order valence-electron chi connectivity index (χ0n) is 11.3. The molecule has 0 aromatic heterocycles. The zero-order chi connectivity index (χ0) is 15.3. The summed E-state index contributed by atoms with van der Waals surface area (Å²) in [4.78, 5) is 13.5. The van der Waals surface area contributed by atoms with Gasteiger partial charge in [-0.15, -0.1) is 0 Å². The number of benzene rings is 1. The van der Waals surface area contributed by atoms with Crippen LogP contribution in [0.25, 0.3) is 0 Å². The summed E-state index contributed by atoms with van der Waals surface area (Å²) in [7, 11) is 0. The Hall–Kier alpha value is -2.20. The summed E-state index contributed by atoms with van der Waals surface area (Å²) in [6.45, 7) is 3.93. The number of hydrogen-bond acceptors (Lipinski definition) is 4. The number of anilines is 1. The maximum Gasteiger partial charge on any atom is 0.254 e. The van der Waals surface area contributed by atoms with Crippen molar-refractivity contribution in [1.82, 2.24) is 4.90 Å². The van der Waals surface area contributed by atoms with Crippen molar-refractivity contribution in [3.8, 4) is 6.07 Å². The summed E-state index contributed by atoms with van der Waals surface area (Å²) in [6.07, 6.45) is 0. The molecule has 0 aliphatic heterocycles. The largest absolute Gasteiger partial charge is 0.338 e. The van der Waals surface area contributed by atoms with Gasteiger partial charge in [-0.2, -0.15) is 5.26 Å². The summed E-state index contributed by atoms with van der Waals surface area (Å²) in [5.41, 5.74) is 1.29. The van der Waals surface area contributed by atoms with Gasteiger partial charge in [-0.3, -0.25) is 10.6 Å². The first-order valence-electron chi connectivity index (χ1n) is 6.09. The third-order valence-electron chi connectivity index (χ3n) is 2.82. The smallest absolute Gasteiger partial charge is 0.254 e. The normalized spacial score (nSPS) is 11.6. The monoisotopic (exact) mass is 282 g/mol. The van der Waals surface area contributed by atoms with E-state index in [1.54, 1.807) is 13.8 Å². The summed E-state index contributed by atoms with van der Waals surface area (Å²) < 4.78 is 27.1. The maximum atomic E-state index is 13.6. The van der Waals surface area contributed by atoms with Crippen LogP contribution in [-0.4, -0.2) is 23.9 Å². The molecule has 0 saturated carbocycles. The number of carbonyl (C=O) groups excluding carboxylic acids is 1. The molecular formula is C13H16F2N4O. The Morgan fingerprint density at radius 3 is 2.45 bits per heavy atom. The van der Waals surface area contributed by atoms with E-state index in [4.69, 9.17) is 11.1 Å². The second-order valence-electron chi connectivity index (χ2n) is 4.33. The lowest BCUT2D eigenvalue weighted by Gasteiger charge is -2.22. The van der Waals surface area contributed by atoms with Crippen molar-refractivity contribution in [2.24, 2.45) is 11.8 Å². The number of nitrogens with two attached hydrogens (primary N) is 1. The molecule has 1 amide bonds. The van der Waals surface area contributed by atoms with Crippen molar-refractivity contribution < 1.29 is 13.6 Å². The number of rotatable bonds is 5. The second-order valence-corrected chi connectivity index (χ2v) is 4.33. The molecule has 3 N–H and O–H groups in total. The van der Waals surface area contributed by atoms with Crippen LogP contribution in [0, 0.1) is 28.9 Å². The predicted molar refractivity (Wildman–Crippen MR) is 70.5 cm³/mol. The molecule has 0 fully saturated rings. The van der Waals surface area contributed by atoms with Crippen molar-refractivity contribution in [3.63, 3.8) is 0 Å². The molecule has 1 rings (SSSR count). The molecule has 0 aliphatic carbocycles. The highest BCUT2D eigenvalue weighted by Gasteiger charge is 2.20. The zero-order valence-corrected chi connectivity index (χ0v) is 11.3. The van der Waals surface area contributed by atoms with Gasteiger partial charge >= 0.3 is 0 Å². The van der Waals surface area contributed by atoms with E-state index in [1.165, 1.54) is 4.90 Å². The Labute approximate surface area is 115 Å². The van der Waals surface area contributed by atoms with E-state index in [2.05, 4.69) is 0 Å². The quantitative estimate of drug-likeness (QED) is 0.638. The average molecular weight is 282 g/mol. The van der Waals surface area contributed by atoms with Gasteiger partial charge in [0.25, 0.3) is 5.91 Å². The third-order valence-corrected chi connectivity index (χ3v) is 2.82. The molecule has 1 aromatic carbocycles. The van der Waals surface area contributed by atoms with E-state index in [-0.39, 0.29) is 18.0 Å². The summed E-state index contributed by atoms with van der Waals surface area (Å²) in [5, 5.41) is 8.76. The molecule has 1 aromatic rings. The molecule has 5 nitrogen and oxygen atoms in total. The minimum atomic E-state index is -0.944. The molecule has 0 radical (unpaired) electrons. The summed E-state index contributed by atoms with van der Waals surface area (Å²) in [5.74, 6) is 2.20. The van der Waals surface area contributed by atoms with Gasteiger partial charge in [0.15, 0.2) is 11.6 Å². The van der Waals surface area contributed by atoms with Crippen LogP contribution in [0.5, 0.6) is 0 Å². The number of carbonyl (C=O) groups is 1. The number of nitrogens with zero attached hydrogens (tertiary/aromatic N) is 2. The van der Waals surface area contributed by atoms with E-state index < -0.39 is 23.2 Å². The van der Waals surface area contributed by atoms with Crippen molar-refractivity contribution in [1.29, 1.82) is 5.26 Å². The van der Waals surface area contributed by atoms with Gasteiger partial charge < -0.3 is 10.3 Å². The fourth-order valence-corrected chi connectivity index (χ4v) is 1.74. The average Bonchev–Trinajstić information content (AvgIpc) is 2.43. The molecule has 0 spiro atoms. The number of nitrogens with one attached hydrogen (secondary N) is 1. The standard InChI is InChI=1S/C13H16F2N4O/c1-3-19(7-8(2)6-16)13(20)9-4-10(14)12(18-17)11(15)5-9/h4-5,8,18H,3,7,17H2,1-2H3. The topological polar surface area (TPSA) is 82.2 Å². The van der Waals surface area contributed by atoms with Gasteiger partial charge in [-0.1, -0.05) is 0 Å². The van der Waals surface area contributed by atoms with Gasteiger partial charge in [0, 0.05) is 18.7 Å². The Morgan fingerprint density at radius 2 is 2.05 bits per heavy atom. The molecule has 1 atom stereocenters. The fourth-order valence-electron chi connectivity index (χ4n) is 1.74. The van der Waals surface area contributed by atoms with Crippen LogP contribution in [0.2, 0.25) is 0 Å². The highest BCUT2D eigenvalue weighted by molar-refractivity contribution is 5.94. The molecule has 0 saturated heterocycles. The van der Waals surface area contributed by atoms with Gasteiger partial charge in [0.2, 0.25) is 0 Å². The molecule has 108 valence electrons. The Morgan fingerprint density at radius 1 is 1.50 bits per heavy atom. The van der Waals surface area contributed by atoms with Crippen LogP contribution in [0.4, 0.5) is 14.5 Å². The van der Waals surface area contributed by atoms with E-state index in [1.807, 2.05) is 11.5 Å². The van der Waals surface area contributed by atoms with Crippen LogP contribution >= 0.6 is 0 Å². The molecular weight excluding hydrogens is 266 g/mol. The Balaban J connectivity index is 3.05. The fraction of sp³-hybridized carbons (Fsp3) is 0.385. The number of amides is 1. The van der Waals surface area contributed by atoms with Crippen LogP contribution in [-0.2, 0) is 0 Å². The molecule has 7 heteroatoms. The van der Waals surface area contributed by atoms with Crippen LogP contribution in [0.15, 0.2) is 12.1 Å². The lowest BCUT2D eigenvalue weighted by atomic mass is 10.1. The van der Waals surface area contributed by atoms with Crippen LogP contribution in [0.1, 0.15) is 24.2 Å². The summed E-state index contributed by atoms with van der Waals surface area (Å²) in [6, 6.07) is 3.84. The van der Waals surface area contributed by atoms with Gasteiger partial charge in [0.05, 0.1) is 12.0 Å². The first-order valence-corrected chi connectivity index (χ1v) is 6.09. The molecule has 0 heterocycles. The first-order chi connectivity index (χ1) is 9.44. The van der Waals surface area contributed by atoms with Gasteiger partial charge in [-0.25, -0.2) is 8.78 Å². The number of nitriles is 1. The first kappa shape index (κ1) is 15.9. The molecule has 0 bridgehead atoms. The number of hydrazine groups is 1. The van der Waals surface area contributed by atoms with Crippen LogP contribution < -0.4 is 11.3 Å². The van der Waals surface area contributed by atoms with Crippen molar-refractivity contribution >= 4 is 11.6 Å². The van der Waals surface area contributed by atoms with Gasteiger partial charge in [0.1, 0.15) is 5.69 Å². The molecule has 20 heavy (non-hydrogen) atoms. The SMILES string of the molecule is CCN(CC(C)C#N)C(=O)c1cc(F)c(NN)c(F)c1. The number of halogens is 2. The molecule has 1 unspecified atom stereocenters. The minimum absolute atomic E-state index is 0.119. The minimum Gasteiger partial charge on any atom is -0.338 e. The highest BCUT2D eigenvalue weighted by atomic mass is 19.1. The van der Waals surface area contributed by atoms with Crippen LogP contribution in [0.3, 0.4) is 0 Å². The third kappa shape index (κ3) is 3.42. The van der Waals surface area contributed by atoms with Crippen molar-refractivity contribution in [2.75, 3.05) is 18.5 Å². The second kappa shape index (κ2) is 6.82. The van der Waals surface area contributed by atoms with E-state index in [0.717, 1.165) is 12.1 Å². The van der Waals surface area contributed by atoms with Crippen molar-refractivity contribution in [2.45, 2.75) is 13.8 Å². The van der Waals surface area contributed by atoms with E-state index in [0.29, 0.717) is 6.54 Å². The predicted octanol–water partition coefficient (Wildman–Crippen LogP) is 1.87.